The molecule has 0 aliphatic carbocycles. The summed E-state index contributed by atoms with van der Waals surface area (Å²) in [6, 6.07) is 3.68. The van der Waals surface area contributed by atoms with Crippen molar-refractivity contribution in [1.29, 1.82) is 0 Å². The fourth-order valence-electron chi connectivity index (χ4n) is 2.56. The molecule has 2 atom stereocenters. The predicted molar refractivity (Wildman–Crippen MR) is 87.4 cm³/mol. The fraction of sp³-hybridized carbons (Fsp3) is 0.600. The summed E-state index contributed by atoms with van der Waals surface area (Å²) < 4.78 is 16.1. The van der Waals surface area contributed by atoms with Crippen LogP contribution in [0.3, 0.4) is 0 Å². The van der Waals surface area contributed by atoms with Gasteiger partial charge in [0.25, 0.3) is 0 Å². The molecule has 1 heterocycles. The average Bonchev–Trinajstić information content (AvgIpc) is 2.92. The smallest absolute Gasteiger partial charge is 0.130 e. The number of hydrogen-bond donors (Lipinski definition) is 3. The Kier molecular flexibility index (Phi) is 7.75. The monoisotopic (exact) mass is 332 g/mol. The van der Waals surface area contributed by atoms with Gasteiger partial charge >= 0.3 is 0 Å². The van der Waals surface area contributed by atoms with Crippen molar-refractivity contribution in [3.63, 3.8) is 0 Å². The number of aliphatic hydroxyl groups is 1. The summed E-state index contributed by atoms with van der Waals surface area (Å²) >= 11 is 0. The quantitative estimate of drug-likeness (QED) is 0.686. The van der Waals surface area contributed by atoms with E-state index in [4.69, 9.17) is 14.2 Å². The van der Waals surface area contributed by atoms with E-state index in [1.165, 1.54) is 0 Å². The van der Waals surface area contributed by atoms with Crippen molar-refractivity contribution in [3.8, 4) is 17.2 Å². The van der Waals surface area contributed by atoms with Gasteiger partial charge in [0.05, 0.1) is 33.0 Å². The maximum absolute atomic E-state index is 9.79. The summed E-state index contributed by atoms with van der Waals surface area (Å²) in [7, 11) is 4.87. The van der Waals surface area contributed by atoms with E-state index >= 15 is 0 Å². The van der Waals surface area contributed by atoms with Gasteiger partial charge in [-0.3, -0.25) is 0 Å². The molecule has 2 rings (SSSR count). The van der Waals surface area contributed by atoms with Gasteiger partial charge in [-0.05, 0) is 0 Å². The van der Waals surface area contributed by atoms with Crippen LogP contribution in [-0.4, -0.2) is 52.2 Å². The highest BCUT2D eigenvalue weighted by atomic mass is 35.5. The molecule has 6 nitrogen and oxygen atoms in total. The first-order valence-electron chi connectivity index (χ1n) is 7.08. The third kappa shape index (κ3) is 4.39. The highest BCUT2D eigenvalue weighted by Gasteiger charge is 2.24. The van der Waals surface area contributed by atoms with Crippen LogP contribution in [0.5, 0.6) is 17.2 Å². The largest absolute Gasteiger partial charge is 0.496 e. The van der Waals surface area contributed by atoms with Gasteiger partial charge in [0.1, 0.15) is 17.2 Å². The summed E-state index contributed by atoms with van der Waals surface area (Å²) in [5.74, 6) is 2.38. The molecule has 1 aliphatic heterocycles. The van der Waals surface area contributed by atoms with Gasteiger partial charge in [0.15, 0.2) is 0 Å². The maximum atomic E-state index is 9.79. The van der Waals surface area contributed by atoms with E-state index in [1.54, 1.807) is 21.3 Å². The van der Waals surface area contributed by atoms with Crippen LogP contribution in [0.2, 0.25) is 0 Å². The number of methoxy groups -OCH3 is 3. The number of benzene rings is 1. The SMILES string of the molecule is COc1cc(OC)c(CNCC2CNCC2O)c(OC)c1.Cl. The van der Waals surface area contributed by atoms with Crippen molar-refractivity contribution in [2.45, 2.75) is 12.6 Å². The highest BCUT2D eigenvalue weighted by Crippen LogP contribution is 2.33. The molecule has 1 aromatic rings. The summed E-state index contributed by atoms with van der Waals surface area (Å²) in [5.41, 5.74) is 0.946. The van der Waals surface area contributed by atoms with Crippen molar-refractivity contribution >= 4 is 12.4 Å². The molecule has 1 saturated heterocycles. The normalized spacial score (nSPS) is 20.4. The van der Waals surface area contributed by atoms with E-state index in [0.717, 1.165) is 30.2 Å². The summed E-state index contributed by atoms with van der Waals surface area (Å²) in [4.78, 5) is 0. The van der Waals surface area contributed by atoms with Gasteiger partial charge in [-0.1, -0.05) is 0 Å². The van der Waals surface area contributed by atoms with E-state index < -0.39 is 0 Å². The van der Waals surface area contributed by atoms with E-state index in [-0.39, 0.29) is 24.4 Å². The van der Waals surface area contributed by atoms with Gasteiger partial charge in [-0.25, -0.2) is 0 Å². The van der Waals surface area contributed by atoms with Gasteiger partial charge in [0, 0.05) is 44.2 Å². The van der Waals surface area contributed by atoms with Gasteiger partial charge in [-0.15, -0.1) is 12.4 Å². The fourth-order valence-corrected chi connectivity index (χ4v) is 2.56. The third-order valence-electron chi connectivity index (χ3n) is 3.83. The molecule has 1 fully saturated rings. The van der Waals surface area contributed by atoms with Gasteiger partial charge < -0.3 is 30.0 Å². The van der Waals surface area contributed by atoms with Crippen LogP contribution in [0.4, 0.5) is 0 Å². The van der Waals surface area contributed by atoms with Gasteiger partial charge in [-0.2, -0.15) is 0 Å². The van der Waals surface area contributed by atoms with Crippen LogP contribution in [0.25, 0.3) is 0 Å². The Hall–Kier alpha value is -1.21. The van der Waals surface area contributed by atoms with Gasteiger partial charge in [0.2, 0.25) is 0 Å². The van der Waals surface area contributed by atoms with Crippen LogP contribution in [0, 0.1) is 5.92 Å². The Morgan fingerprint density at radius 3 is 2.23 bits per heavy atom. The van der Waals surface area contributed by atoms with Crippen molar-refractivity contribution in [3.05, 3.63) is 17.7 Å². The zero-order chi connectivity index (χ0) is 15.2. The maximum Gasteiger partial charge on any atom is 0.130 e. The Bertz CT molecular complexity index is 448. The van der Waals surface area contributed by atoms with Crippen molar-refractivity contribution < 1.29 is 19.3 Å². The lowest BCUT2D eigenvalue weighted by molar-refractivity contribution is 0.146. The Morgan fingerprint density at radius 2 is 1.77 bits per heavy atom. The number of nitrogens with one attached hydrogen (secondary N) is 2. The lowest BCUT2D eigenvalue weighted by Crippen LogP contribution is -2.30. The molecule has 0 aromatic heterocycles. The molecule has 7 heteroatoms. The lowest BCUT2D eigenvalue weighted by Gasteiger charge is -2.18. The number of hydrogen-bond acceptors (Lipinski definition) is 6. The highest BCUT2D eigenvalue weighted by molar-refractivity contribution is 5.85. The van der Waals surface area contributed by atoms with Crippen LogP contribution in [0.15, 0.2) is 12.1 Å². The van der Waals surface area contributed by atoms with E-state index in [1.807, 2.05) is 12.1 Å². The third-order valence-corrected chi connectivity index (χ3v) is 3.83. The molecule has 0 saturated carbocycles. The van der Waals surface area contributed by atoms with Crippen molar-refractivity contribution in [1.82, 2.24) is 10.6 Å². The first-order valence-corrected chi connectivity index (χ1v) is 7.08. The first kappa shape index (κ1) is 18.8. The molecule has 126 valence electrons. The summed E-state index contributed by atoms with van der Waals surface area (Å²) in [6.07, 6.45) is -0.280. The van der Waals surface area contributed by atoms with E-state index in [0.29, 0.717) is 18.8 Å². The Balaban J connectivity index is 0.00000242. The molecule has 3 N–H and O–H groups in total. The van der Waals surface area contributed by atoms with Crippen LogP contribution in [-0.2, 0) is 6.54 Å². The lowest BCUT2D eigenvalue weighted by atomic mass is 10.1. The molecule has 1 aromatic carbocycles. The molecule has 0 amide bonds. The summed E-state index contributed by atoms with van der Waals surface area (Å²) in [5, 5.41) is 16.3. The number of β-amino-alcohol motifs (C(OH)–C–C–N with tert-alkyl or cyclic N) is 1. The molecule has 0 spiro atoms. The second-order valence-electron chi connectivity index (χ2n) is 5.13. The minimum atomic E-state index is -0.280. The minimum absolute atomic E-state index is 0. The van der Waals surface area contributed by atoms with Crippen LogP contribution >= 0.6 is 12.4 Å². The number of rotatable bonds is 7. The van der Waals surface area contributed by atoms with E-state index in [9.17, 15) is 5.11 Å². The molecule has 1 aliphatic rings. The number of ether oxygens (including phenoxy) is 3. The minimum Gasteiger partial charge on any atom is -0.496 e. The molecule has 0 bridgehead atoms. The molecular formula is C15H25ClN2O4. The zero-order valence-corrected chi connectivity index (χ0v) is 14.0. The topological polar surface area (TPSA) is 72.0 Å². The van der Waals surface area contributed by atoms with Crippen molar-refractivity contribution in [2.75, 3.05) is 41.0 Å². The molecule has 22 heavy (non-hydrogen) atoms. The zero-order valence-electron chi connectivity index (χ0n) is 13.2. The predicted octanol–water partition coefficient (Wildman–Crippen LogP) is 0.804. The Morgan fingerprint density at radius 1 is 1.14 bits per heavy atom. The second-order valence-corrected chi connectivity index (χ2v) is 5.13. The van der Waals surface area contributed by atoms with E-state index in [2.05, 4.69) is 10.6 Å². The van der Waals surface area contributed by atoms with Crippen LogP contribution in [0.1, 0.15) is 5.56 Å². The second kappa shape index (κ2) is 9.05. The number of halogens is 1. The standard InChI is InChI=1S/C15H24N2O4.ClH/c1-19-11-4-14(20-2)12(15(5-11)21-3)8-16-6-10-7-17-9-13(10)18;/h4-5,10,13,16-18H,6-9H2,1-3H3;1H. The number of aliphatic hydroxyl groups excluding tert-OH is 1. The average molecular weight is 333 g/mol. The van der Waals surface area contributed by atoms with Crippen molar-refractivity contribution in [2.24, 2.45) is 5.92 Å². The molecule has 2 unspecified atom stereocenters. The summed E-state index contributed by atoms with van der Waals surface area (Å²) in [6.45, 7) is 2.86. The molecule has 0 radical (unpaired) electrons. The molecular weight excluding hydrogens is 308 g/mol. The first-order chi connectivity index (χ1) is 10.2. The van der Waals surface area contributed by atoms with Crippen LogP contribution < -0.4 is 24.8 Å². The Labute approximate surface area is 137 Å².